The Morgan fingerprint density at radius 2 is 0.594 bits per heavy atom. The lowest BCUT2D eigenvalue weighted by Crippen LogP contribution is -2.74. The SMILES string of the molecule is c1ccc(-c2cccc(-c3ccc4c5cc(-c6ccc7c(c6)c6ccccc6n7-c6cccc([Si](c7ccccc7)(c7ccccc7)c7ccccc7)c6)ccc5n(-c5ccccc5)c4c3)c2)cc1. The average Bonchev–Trinajstić information content (AvgIpc) is 3.94. The molecule has 0 fully saturated rings. The normalized spacial score (nSPS) is 11.8. The first-order valence-electron chi connectivity index (χ1n) is 23.8. The van der Waals surface area contributed by atoms with Crippen LogP contribution in [0.3, 0.4) is 0 Å². The van der Waals surface area contributed by atoms with E-state index < -0.39 is 8.07 Å². The van der Waals surface area contributed by atoms with Gasteiger partial charge in [-0.05, 0) is 121 Å². The Hall–Kier alpha value is -8.76. The van der Waals surface area contributed by atoms with Crippen LogP contribution in [0, 0.1) is 0 Å². The fourth-order valence-corrected chi connectivity index (χ4v) is 15.9. The number of benzene rings is 11. The highest BCUT2D eigenvalue weighted by Gasteiger charge is 2.41. The van der Waals surface area contributed by atoms with Gasteiger partial charge in [-0.3, -0.25) is 0 Å². The van der Waals surface area contributed by atoms with E-state index >= 15 is 0 Å². The van der Waals surface area contributed by atoms with Gasteiger partial charge in [-0.2, -0.15) is 0 Å². The summed E-state index contributed by atoms with van der Waals surface area (Å²) in [7, 11) is -2.75. The van der Waals surface area contributed by atoms with E-state index in [1.54, 1.807) is 0 Å². The molecule has 0 aliphatic carbocycles. The van der Waals surface area contributed by atoms with Crippen molar-refractivity contribution in [2.75, 3.05) is 0 Å². The van der Waals surface area contributed by atoms with Crippen LogP contribution < -0.4 is 20.7 Å². The van der Waals surface area contributed by atoms with Gasteiger partial charge >= 0.3 is 0 Å². The minimum Gasteiger partial charge on any atom is -0.309 e. The summed E-state index contributed by atoms with van der Waals surface area (Å²) >= 11 is 0. The predicted octanol–water partition coefficient (Wildman–Crippen LogP) is 14.3. The van der Waals surface area contributed by atoms with E-state index in [1.807, 2.05) is 0 Å². The van der Waals surface area contributed by atoms with Gasteiger partial charge in [0.05, 0.1) is 22.1 Å². The quantitative estimate of drug-likeness (QED) is 0.101. The van der Waals surface area contributed by atoms with Crippen molar-refractivity contribution in [1.82, 2.24) is 9.13 Å². The van der Waals surface area contributed by atoms with Crippen molar-refractivity contribution in [1.29, 1.82) is 0 Å². The zero-order valence-corrected chi connectivity index (χ0v) is 39.0. The van der Waals surface area contributed by atoms with Gasteiger partial charge in [0.25, 0.3) is 0 Å². The maximum Gasteiger partial charge on any atom is 0.179 e. The molecule has 0 saturated heterocycles. The number of fused-ring (bicyclic) bond motifs is 6. The summed E-state index contributed by atoms with van der Waals surface area (Å²) in [6.07, 6.45) is 0. The standard InChI is InChI=1S/C66H46N2Si/c1-6-20-47(21-7-1)48-22-18-23-49(42-48)52-36-39-60-62-44-51(37-40-64(62)67(66(60)45-52)53-24-8-2-9-25-53)50-38-41-65-61(43-50)59-34-16-17-35-63(59)68(65)54-26-19-33-58(46-54)69(55-27-10-3-11-28-55,56-29-12-4-13-30-56)57-31-14-5-15-32-57/h1-46H. The summed E-state index contributed by atoms with van der Waals surface area (Å²) in [4.78, 5) is 0. The van der Waals surface area contributed by atoms with Crippen LogP contribution in [0.5, 0.6) is 0 Å². The summed E-state index contributed by atoms with van der Waals surface area (Å²) in [5.41, 5.74) is 14.3. The first kappa shape index (κ1) is 40.5. The molecule has 0 radical (unpaired) electrons. The van der Waals surface area contributed by atoms with Gasteiger partial charge in [0, 0.05) is 32.9 Å². The second-order valence-electron chi connectivity index (χ2n) is 18.1. The van der Waals surface area contributed by atoms with Gasteiger partial charge in [0.15, 0.2) is 8.07 Å². The van der Waals surface area contributed by atoms with E-state index in [1.165, 1.54) is 97.7 Å². The van der Waals surface area contributed by atoms with Crippen LogP contribution in [0.25, 0.3) is 88.4 Å². The van der Waals surface area contributed by atoms with E-state index in [0.29, 0.717) is 0 Å². The maximum atomic E-state index is 2.47. The summed E-state index contributed by atoms with van der Waals surface area (Å²) in [5.74, 6) is 0. The molecule has 2 nitrogen and oxygen atoms in total. The molecule has 0 spiro atoms. The fraction of sp³-hybridized carbons (Fsp3) is 0. The molecule has 0 atom stereocenters. The van der Waals surface area contributed by atoms with E-state index in [9.17, 15) is 0 Å². The monoisotopic (exact) mass is 894 g/mol. The van der Waals surface area contributed by atoms with Gasteiger partial charge in [0.2, 0.25) is 0 Å². The third-order valence-electron chi connectivity index (χ3n) is 14.2. The lowest BCUT2D eigenvalue weighted by atomic mass is 9.97. The van der Waals surface area contributed by atoms with Gasteiger partial charge in [-0.1, -0.05) is 212 Å². The summed E-state index contributed by atoms with van der Waals surface area (Å²) in [6, 6.07) is 103. The number of hydrogen-bond donors (Lipinski definition) is 0. The second-order valence-corrected chi connectivity index (χ2v) is 21.9. The summed E-state index contributed by atoms with van der Waals surface area (Å²) in [6.45, 7) is 0. The highest BCUT2D eigenvalue weighted by Crippen LogP contribution is 2.40. The highest BCUT2D eigenvalue weighted by atomic mass is 28.3. The van der Waals surface area contributed by atoms with Gasteiger partial charge in [-0.15, -0.1) is 0 Å². The molecule has 0 amide bonds. The summed E-state index contributed by atoms with van der Waals surface area (Å²) < 4.78 is 4.90. The topological polar surface area (TPSA) is 9.86 Å². The predicted molar refractivity (Wildman–Crippen MR) is 295 cm³/mol. The molecule has 2 aromatic heterocycles. The maximum absolute atomic E-state index is 2.75. The molecule has 3 heteroatoms. The molecule has 0 N–H and O–H groups in total. The molecule has 0 unspecified atom stereocenters. The Kier molecular flexibility index (Phi) is 9.88. The number of aromatic nitrogens is 2. The van der Waals surface area contributed by atoms with Crippen molar-refractivity contribution in [3.05, 3.63) is 279 Å². The molecule has 0 aliphatic heterocycles. The number of nitrogens with zero attached hydrogens (tertiary/aromatic N) is 2. The van der Waals surface area contributed by atoms with Crippen LogP contribution in [0.1, 0.15) is 0 Å². The van der Waals surface area contributed by atoms with Crippen LogP contribution in [-0.4, -0.2) is 17.2 Å². The molecule has 11 aromatic carbocycles. The van der Waals surface area contributed by atoms with Crippen molar-refractivity contribution in [3.63, 3.8) is 0 Å². The van der Waals surface area contributed by atoms with Gasteiger partial charge < -0.3 is 9.13 Å². The molecule has 13 aromatic rings. The largest absolute Gasteiger partial charge is 0.309 e. The molecular weight excluding hydrogens is 849 g/mol. The molecule has 0 aliphatic rings. The van der Waals surface area contributed by atoms with E-state index in [0.717, 1.165) is 11.4 Å². The van der Waals surface area contributed by atoms with Crippen molar-refractivity contribution in [2.24, 2.45) is 0 Å². The zero-order valence-electron chi connectivity index (χ0n) is 38.0. The number of rotatable bonds is 9. The molecule has 69 heavy (non-hydrogen) atoms. The average molecular weight is 895 g/mol. The lowest BCUT2D eigenvalue weighted by Gasteiger charge is -2.34. The minimum atomic E-state index is -2.75. The number of para-hydroxylation sites is 2. The van der Waals surface area contributed by atoms with Crippen LogP contribution in [0.4, 0.5) is 0 Å². The molecule has 324 valence electrons. The van der Waals surface area contributed by atoms with Crippen molar-refractivity contribution in [2.45, 2.75) is 0 Å². The van der Waals surface area contributed by atoms with Crippen LogP contribution in [0.15, 0.2) is 279 Å². The first-order chi connectivity index (χ1) is 34.2. The smallest absolute Gasteiger partial charge is 0.179 e. The Balaban J connectivity index is 0.957. The molecule has 2 heterocycles. The third kappa shape index (κ3) is 6.78. The number of hydrogen-bond acceptors (Lipinski definition) is 0. The van der Waals surface area contributed by atoms with Crippen LogP contribution >= 0.6 is 0 Å². The van der Waals surface area contributed by atoms with Gasteiger partial charge in [0.1, 0.15) is 0 Å². The fourth-order valence-electron chi connectivity index (χ4n) is 11.1. The molecule has 0 bridgehead atoms. The van der Waals surface area contributed by atoms with E-state index in [-0.39, 0.29) is 0 Å². The zero-order chi connectivity index (χ0) is 45.7. The molecule has 0 saturated carbocycles. The highest BCUT2D eigenvalue weighted by molar-refractivity contribution is 7.19. The van der Waals surface area contributed by atoms with Crippen molar-refractivity contribution in [3.8, 4) is 44.8 Å². The summed E-state index contributed by atoms with van der Waals surface area (Å²) in [5, 5.41) is 10.4. The van der Waals surface area contributed by atoms with Gasteiger partial charge in [-0.25, -0.2) is 0 Å². The Labute approximate surface area is 403 Å². The minimum absolute atomic E-state index is 1.15. The Morgan fingerprint density at radius 3 is 1.20 bits per heavy atom. The lowest BCUT2D eigenvalue weighted by molar-refractivity contribution is 1.18. The first-order valence-corrected chi connectivity index (χ1v) is 25.8. The molecular formula is C66H46N2Si. The Morgan fingerprint density at radius 1 is 0.203 bits per heavy atom. The van der Waals surface area contributed by atoms with Crippen molar-refractivity contribution < 1.29 is 0 Å². The third-order valence-corrected chi connectivity index (χ3v) is 19.0. The Bertz CT molecular complexity index is 3890. The van der Waals surface area contributed by atoms with E-state index in [2.05, 4.69) is 288 Å². The van der Waals surface area contributed by atoms with Crippen molar-refractivity contribution >= 4 is 72.4 Å². The van der Waals surface area contributed by atoms with Crippen LogP contribution in [-0.2, 0) is 0 Å². The van der Waals surface area contributed by atoms with E-state index in [4.69, 9.17) is 0 Å². The second kappa shape index (κ2) is 16.8. The van der Waals surface area contributed by atoms with Crippen LogP contribution in [0.2, 0.25) is 0 Å². The molecule has 13 rings (SSSR count).